The van der Waals surface area contributed by atoms with Gasteiger partial charge in [0.1, 0.15) is 22.7 Å². The Hall–Kier alpha value is -3.95. The first-order valence-electron chi connectivity index (χ1n) is 18.5. The largest absolute Gasteiger partial charge is 0.508 e. The van der Waals surface area contributed by atoms with Crippen LogP contribution >= 0.6 is 0 Å². The number of benzene rings is 1. The highest BCUT2D eigenvalue weighted by Gasteiger charge is 2.62. The number of carbonyl (C=O) groups is 4. The quantitative estimate of drug-likeness (QED) is 0.274. The van der Waals surface area contributed by atoms with E-state index in [1.807, 2.05) is 33.8 Å². The van der Waals surface area contributed by atoms with Gasteiger partial charge in [0.25, 0.3) is 0 Å². The molecular weight excluding hydrogens is 636 g/mol. The Labute approximate surface area is 294 Å². The molecule has 4 aliphatic rings. The predicted octanol–water partition coefficient (Wildman–Crippen LogP) is 6.56. The number of Topliss-reactive ketones (excluding diaryl/α,β-unsaturated/α-hetero) is 1. The molecule has 10 heteroatoms. The number of aromatic nitrogens is 1. The van der Waals surface area contributed by atoms with Crippen LogP contribution in [-0.2, 0) is 41.5 Å². The highest BCUT2D eigenvalue weighted by Crippen LogP contribution is 2.58. The molecule has 1 aliphatic carbocycles. The lowest BCUT2D eigenvalue weighted by atomic mass is 9.85. The second-order valence-electron chi connectivity index (χ2n) is 15.8. The van der Waals surface area contributed by atoms with Crippen molar-refractivity contribution in [2.45, 2.75) is 129 Å². The summed E-state index contributed by atoms with van der Waals surface area (Å²) in [5.74, 6) is -1.17. The molecule has 50 heavy (non-hydrogen) atoms. The summed E-state index contributed by atoms with van der Waals surface area (Å²) in [5.41, 5.74) is 0.0404. The van der Waals surface area contributed by atoms with E-state index >= 15 is 0 Å². The number of aryl methyl sites for hydroxylation is 2. The summed E-state index contributed by atoms with van der Waals surface area (Å²) >= 11 is 0. The number of fused-ring (bicyclic) bond motifs is 5. The number of pyridine rings is 1. The number of nitrogens with zero attached hydrogens (tertiary/aromatic N) is 2. The Bertz CT molecular complexity index is 1690. The maximum absolute atomic E-state index is 14.7. The maximum Gasteiger partial charge on any atom is 0.313 e. The Morgan fingerprint density at radius 1 is 1.12 bits per heavy atom. The standard InChI is InChI=1S/C40H52N2O8/c1-6-30-35-28(29-20-27(43)15-16-31(29)41-30)17-18-39(50-35)22-32-33(44)23-40(37(47)48-7-2)21-26(40)14-12-10-8-9-11-13-25(36(46)42(32)24-39)19-34(45)49-38(3,4)5/h12,14-16,20,25-26,32,43H,6-11,13,17-19,21-24H2,1-5H3/b14-12-/t25-,26-,32+,39-,40-/m1/s1. The van der Waals surface area contributed by atoms with Gasteiger partial charge in [0, 0.05) is 29.7 Å². The van der Waals surface area contributed by atoms with Crippen LogP contribution < -0.4 is 4.74 Å². The SMILES string of the molecule is CCOC(=O)[C@]12CC(=O)[C@@H]3C[C@]4(CCc5c(c(CC)nc6ccc(O)cc56)O4)CN3C(=O)[C@@H](CC(=O)OC(C)(C)C)CCCCC/C=C\[C@@H]1C2. The molecule has 1 saturated carbocycles. The fourth-order valence-electron chi connectivity index (χ4n) is 8.33. The number of allylic oxidation sites excluding steroid dienone is 2. The molecule has 0 bridgehead atoms. The molecule has 3 aliphatic heterocycles. The van der Waals surface area contributed by atoms with Crippen molar-refractivity contribution in [3.63, 3.8) is 0 Å². The van der Waals surface area contributed by atoms with Crippen LogP contribution in [0.3, 0.4) is 0 Å². The monoisotopic (exact) mass is 688 g/mol. The van der Waals surface area contributed by atoms with Crippen LogP contribution in [0.1, 0.15) is 110 Å². The summed E-state index contributed by atoms with van der Waals surface area (Å²) in [4.78, 5) is 62.3. The zero-order valence-corrected chi connectivity index (χ0v) is 30.2. The van der Waals surface area contributed by atoms with E-state index in [2.05, 4.69) is 12.2 Å². The Morgan fingerprint density at radius 2 is 1.92 bits per heavy atom. The van der Waals surface area contributed by atoms with Gasteiger partial charge in [0.05, 0.1) is 42.2 Å². The van der Waals surface area contributed by atoms with E-state index in [1.165, 1.54) is 0 Å². The van der Waals surface area contributed by atoms with Crippen LogP contribution in [0, 0.1) is 17.3 Å². The molecule has 1 amide bonds. The molecule has 0 radical (unpaired) electrons. The Balaban J connectivity index is 1.37. The van der Waals surface area contributed by atoms with Crippen LogP contribution in [0.15, 0.2) is 30.4 Å². The van der Waals surface area contributed by atoms with E-state index in [9.17, 15) is 24.3 Å². The second-order valence-corrected chi connectivity index (χ2v) is 15.8. The molecule has 2 fully saturated rings. The first kappa shape index (κ1) is 35.9. The van der Waals surface area contributed by atoms with Gasteiger partial charge in [-0.1, -0.05) is 31.9 Å². The van der Waals surface area contributed by atoms with E-state index < -0.39 is 34.5 Å². The summed E-state index contributed by atoms with van der Waals surface area (Å²) in [6, 6.07) is 4.32. The molecule has 1 aromatic heterocycles. The van der Waals surface area contributed by atoms with Gasteiger partial charge < -0.3 is 24.2 Å². The molecule has 1 N–H and O–H groups in total. The van der Waals surface area contributed by atoms with E-state index in [0.717, 1.165) is 47.8 Å². The lowest BCUT2D eigenvalue weighted by molar-refractivity contribution is -0.159. The Morgan fingerprint density at radius 3 is 2.66 bits per heavy atom. The van der Waals surface area contributed by atoms with Crippen molar-refractivity contribution in [3.8, 4) is 11.5 Å². The number of phenolic OH excluding ortho intramolecular Hbond substituents is 1. The van der Waals surface area contributed by atoms with Crippen molar-refractivity contribution in [1.29, 1.82) is 0 Å². The molecule has 4 heterocycles. The first-order chi connectivity index (χ1) is 23.8. The zero-order chi connectivity index (χ0) is 35.8. The van der Waals surface area contributed by atoms with Crippen molar-refractivity contribution < 1.29 is 38.5 Å². The molecule has 10 nitrogen and oxygen atoms in total. The molecular formula is C40H52N2O8. The van der Waals surface area contributed by atoms with Gasteiger partial charge in [0.15, 0.2) is 5.78 Å². The maximum atomic E-state index is 14.7. The minimum Gasteiger partial charge on any atom is -0.508 e. The summed E-state index contributed by atoms with van der Waals surface area (Å²) in [7, 11) is 0. The van der Waals surface area contributed by atoms with Gasteiger partial charge in [-0.05, 0) is 96.8 Å². The number of ether oxygens (including phenoxy) is 3. The second kappa shape index (κ2) is 14.0. The molecule has 0 unspecified atom stereocenters. The normalized spacial score (nSPS) is 29.2. The number of rotatable bonds is 5. The molecule has 2 aromatic rings. The molecule has 1 saturated heterocycles. The number of phenols is 1. The molecule has 1 aromatic carbocycles. The summed E-state index contributed by atoms with van der Waals surface area (Å²) in [5, 5.41) is 11.1. The number of hydrogen-bond donors (Lipinski definition) is 1. The average Bonchev–Trinajstić information content (AvgIpc) is 3.63. The average molecular weight is 689 g/mol. The topological polar surface area (TPSA) is 132 Å². The van der Waals surface area contributed by atoms with Crippen LogP contribution in [0.5, 0.6) is 11.5 Å². The van der Waals surface area contributed by atoms with Gasteiger partial charge in [0.2, 0.25) is 5.91 Å². The van der Waals surface area contributed by atoms with Crippen molar-refractivity contribution in [3.05, 3.63) is 41.6 Å². The van der Waals surface area contributed by atoms with Crippen LogP contribution in [0.2, 0.25) is 0 Å². The molecule has 6 rings (SSSR count). The smallest absolute Gasteiger partial charge is 0.313 e. The third kappa shape index (κ3) is 7.26. The van der Waals surface area contributed by atoms with E-state index in [0.29, 0.717) is 37.9 Å². The highest BCUT2D eigenvalue weighted by atomic mass is 16.6. The number of hydrogen-bond acceptors (Lipinski definition) is 9. The van der Waals surface area contributed by atoms with Crippen LogP contribution in [0.25, 0.3) is 10.9 Å². The predicted molar refractivity (Wildman–Crippen MR) is 188 cm³/mol. The van der Waals surface area contributed by atoms with Crippen molar-refractivity contribution in [2.75, 3.05) is 13.2 Å². The lowest BCUT2D eigenvalue weighted by Gasteiger charge is -2.37. The summed E-state index contributed by atoms with van der Waals surface area (Å²) < 4.78 is 18.1. The molecule has 270 valence electrons. The molecule has 1 spiro atoms. The minimum atomic E-state index is -0.940. The van der Waals surface area contributed by atoms with Gasteiger partial charge in [-0.15, -0.1) is 0 Å². The van der Waals surface area contributed by atoms with E-state index in [1.54, 1.807) is 24.0 Å². The van der Waals surface area contributed by atoms with Crippen LogP contribution in [-0.4, -0.2) is 69.0 Å². The third-order valence-corrected chi connectivity index (χ3v) is 10.9. The molecule has 5 atom stereocenters. The van der Waals surface area contributed by atoms with E-state index in [-0.39, 0.29) is 61.7 Å². The summed E-state index contributed by atoms with van der Waals surface area (Å²) in [6.45, 7) is 9.62. The lowest BCUT2D eigenvalue weighted by Crippen LogP contribution is -2.47. The minimum absolute atomic E-state index is 0.0234. The number of amides is 1. The Kier molecular flexibility index (Phi) is 10.0. The third-order valence-electron chi connectivity index (χ3n) is 10.9. The fraction of sp³-hybridized carbons (Fsp3) is 0.625. The van der Waals surface area contributed by atoms with Gasteiger partial charge in [-0.25, -0.2) is 4.98 Å². The summed E-state index contributed by atoms with van der Waals surface area (Å²) in [6.07, 6.45) is 10.6. The number of carbonyl (C=O) groups excluding carboxylic acids is 4. The zero-order valence-electron chi connectivity index (χ0n) is 30.2. The number of ketones is 1. The van der Waals surface area contributed by atoms with Crippen molar-refractivity contribution in [1.82, 2.24) is 9.88 Å². The van der Waals surface area contributed by atoms with Gasteiger partial charge in [-0.2, -0.15) is 0 Å². The van der Waals surface area contributed by atoms with Crippen molar-refractivity contribution >= 4 is 34.5 Å². The van der Waals surface area contributed by atoms with Crippen LogP contribution in [0.4, 0.5) is 0 Å². The van der Waals surface area contributed by atoms with E-state index in [4.69, 9.17) is 19.2 Å². The number of aromatic hydroxyl groups is 1. The number of esters is 2. The fourth-order valence-corrected chi connectivity index (χ4v) is 8.33. The van der Waals surface area contributed by atoms with Gasteiger partial charge in [-0.3, -0.25) is 19.2 Å². The van der Waals surface area contributed by atoms with Crippen molar-refractivity contribution in [2.24, 2.45) is 17.3 Å². The van der Waals surface area contributed by atoms with Gasteiger partial charge >= 0.3 is 11.9 Å². The highest BCUT2D eigenvalue weighted by molar-refractivity contribution is 5.96. The first-order valence-corrected chi connectivity index (χ1v) is 18.5.